The summed E-state index contributed by atoms with van der Waals surface area (Å²) in [5.41, 5.74) is -0.129. The molecule has 152 valence electrons. The molecule has 1 aromatic carbocycles. The first-order valence-electron chi connectivity index (χ1n) is 8.32. The maximum absolute atomic E-state index is 12.7. The number of ether oxygens (including phenoxy) is 1. The molecule has 0 aliphatic rings. The second kappa shape index (κ2) is 8.52. The topological polar surface area (TPSA) is 81.9 Å². The first-order valence-corrected chi connectivity index (χ1v) is 9.14. The molecule has 1 N–H and O–H groups in total. The number of hydrogen-bond acceptors (Lipinski definition) is 6. The lowest BCUT2D eigenvalue weighted by Gasteiger charge is -2.11. The number of hydrogen-bond donors (Lipinski definition) is 1. The molecule has 3 rings (SSSR count). The van der Waals surface area contributed by atoms with Gasteiger partial charge in [-0.15, -0.1) is 10.2 Å². The molecule has 0 radical (unpaired) electrons. The van der Waals surface area contributed by atoms with Crippen molar-refractivity contribution in [2.75, 3.05) is 7.11 Å². The summed E-state index contributed by atoms with van der Waals surface area (Å²) < 4.78 is 45.0. The van der Waals surface area contributed by atoms with E-state index >= 15 is 0 Å². The van der Waals surface area contributed by atoms with Crippen LogP contribution in [0.3, 0.4) is 0 Å². The lowest BCUT2D eigenvalue weighted by Crippen LogP contribution is -2.21. The van der Waals surface area contributed by atoms with Crippen molar-refractivity contribution in [2.45, 2.75) is 29.8 Å². The Balaban J connectivity index is 1.94. The fraction of sp³-hybridized carbons (Fsp3) is 0.222. The maximum Gasteiger partial charge on any atom is 0.417 e. The Hall–Kier alpha value is -3.08. The van der Waals surface area contributed by atoms with Crippen LogP contribution in [0.1, 0.15) is 18.3 Å². The Morgan fingerprint density at radius 3 is 2.45 bits per heavy atom. The zero-order chi connectivity index (χ0) is 21.0. The third kappa shape index (κ3) is 5.05. The van der Waals surface area contributed by atoms with Crippen molar-refractivity contribution >= 4 is 17.7 Å². The predicted molar refractivity (Wildman–Crippen MR) is 98.8 cm³/mol. The smallest absolute Gasteiger partial charge is 0.417 e. The third-order valence-corrected chi connectivity index (χ3v) is 4.68. The molecular formula is C18H16F3N5O2S. The Morgan fingerprint density at radius 1 is 1.17 bits per heavy atom. The average molecular weight is 423 g/mol. The van der Waals surface area contributed by atoms with E-state index in [2.05, 4.69) is 20.5 Å². The molecule has 11 heteroatoms. The van der Waals surface area contributed by atoms with Gasteiger partial charge in [-0.1, -0.05) is 0 Å². The number of nitrogens with one attached hydrogen (secondary N) is 1. The number of halogens is 3. The first-order chi connectivity index (χ1) is 13.8. The SMILES string of the molecule is COc1ccc(-n2c(CNC(C)=O)nnc2Sc2ccc(C(F)(F)F)cn2)cc1. The number of aromatic nitrogens is 4. The molecule has 0 fully saturated rings. The van der Waals surface area contributed by atoms with Crippen LogP contribution in [-0.4, -0.2) is 32.8 Å². The van der Waals surface area contributed by atoms with E-state index in [-0.39, 0.29) is 12.5 Å². The molecule has 3 aromatic rings. The van der Waals surface area contributed by atoms with Crippen molar-refractivity contribution in [2.24, 2.45) is 0 Å². The summed E-state index contributed by atoms with van der Waals surface area (Å²) >= 11 is 1.06. The minimum Gasteiger partial charge on any atom is -0.497 e. The quantitative estimate of drug-likeness (QED) is 0.654. The van der Waals surface area contributed by atoms with Gasteiger partial charge < -0.3 is 10.1 Å². The molecule has 7 nitrogen and oxygen atoms in total. The van der Waals surface area contributed by atoms with E-state index in [1.165, 1.54) is 13.0 Å². The van der Waals surface area contributed by atoms with Crippen LogP contribution in [-0.2, 0) is 17.5 Å². The fourth-order valence-electron chi connectivity index (χ4n) is 2.38. The van der Waals surface area contributed by atoms with Gasteiger partial charge in [0, 0.05) is 18.8 Å². The highest BCUT2D eigenvalue weighted by Gasteiger charge is 2.30. The van der Waals surface area contributed by atoms with Gasteiger partial charge in [-0.3, -0.25) is 9.36 Å². The average Bonchev–Trinajstić information content (AvgIpc) is 3.08. The standard InChI is InChI=1S/C18H16F3N5O2S/c1-11(27)22-10-15-24-25-17(26(15)13-4-6-14(28-2)7-5-13)29-16-8-3-12(9-23-16)18(19,20)21/h3-9H,10H2,1-2H3,(H,22,27). The number of pyridine rings is 1. The van der Waals surface area contributed by atoms with Crippen LogP contribution in [0.25, 0.3) is 5.69 Å². The molecule has 2 heterocycles. The van der Waals surface area contributed by atoms with E-state index in [0.29, 0.717) is 27.4 Å². The molecule has 0 unspecified atom stereocenters. The highest BCUT2D eigenvalue weighted by atomic mass is 32.2. The zero-order valence-electron chi connectivity index (χ0n) is 15.4. The van der Waals surface area contributed by atoms with Crippen molar-refractivity contribution in [1.29, 1.82) is 0 Å². The molecule has 0 bridgehead atoms. The van der Waals surface area contributed by atoms with Crippen LogP contribution in [0.4, 0.5) is 13.2 Å². The number of carbonyl (C=O) groups is 1. The fourth-order valence-corrected chi connectivity index (χ4v) is 3.19. The highest BCUT2D eigenvalue weighted by molar-refractivity contribution is 7.99. The summed E-state index contributed by atoms with van der Waals surface area (Å²) in [6.45, 7) is 1.52. The Labute approximate surface area is 168 Å². The van der Waals surface area contributed by atoms with Gasteiger partial charge in [0.05, 0.1) is 19.2 Å². The number of nitrogens with zero attached hydrogens (tertiary/aromatic N) is 4. The van der Waals surface area contributed by atoms with E-state index in [1.54, 1.807) is 35.9 Å². The van der Waals surface area contributed by atoms with Crippen LogP contribution in [0.2, 0.25) is 0 Å². The largest absolute Gasteiger partial charge is 0.497 e. The number of alkyl halides is 3. The van der Waals surface area contributed by atoms with E-state index in [4.69, 9.17) is 4.74 Å². The predicted octanol–water partition coefficient (Wildman–Crippen LogP) is 3.48. The van der Waals surface area contributed by atoms with Crippen molar-refractivity contribution < 1.29 is 22.7 Å². The molecule has 0 atom stereocenters. The molecule has 29 heavy (non-hydrogen) atoms. The van der Waals surface area contributed by atoms with Crippen molar-refractivity contribution in [3.8, 4) is 11.4 Å². The summed E-state index contributed by atoms with van der Waals surface area (Å²) in [6, 6.07) is 9.30. The molecule has 0 saturated heterocycles. The molecular weight excluding hydrogens is 407 g/mol. The van der Waals surface area contributed by atoms with Gasteiger partial charge in [0.25, 0.3) is 0 Å². The number of benzene rings is 1. The van der Waals surface area contributed by atoms with E-state index < -0.39 is 11.7 Å². The Bertz CT molecular complexity index is 988. The minimum absolute atomic E-state index is 0.134. The Kier molecular flexibility index (Phi) is 6.06. The van der Waals surface area contributed by atoms with Gasteiger partial charge in [0.15, 0.2) is 5.82 Å². The lowest BCUT2D eigenvalue weighted by molar-refractivity contribution is -0.137. The van der Waals surface area contributed by atoms with Gasteiger partial charge in [-0.05, 0) is 48.2 Å². The zero-order valence-corrected chi connectivity index (χ0v) is 16.2. The molecule has 0 aliphatic heterocycles. The van der Waals surface area contributed by atoms with Gasteiger partial charge >= 0.3 is 6.18 Å². The van der Waals surface area contributed by atoms with Gasteiger partial charge in [0.2, 0.25) is 11.1 Å². The van der Waals surface area contributed by atoms with E-state index in [0.717, 1.165) is 24.0 Å². The first kappa shape index (κ1) is 20.6. The summed E-state index contributed by atoms with van der Waals surface area (Å²) in [6.07, 6.45) is -3.68. The summed E-state index contributed by atoms with van der Waals surface area (Å²) in [4.78, 5) is 15.1. The summed E-state index contributed by atoms with van der Waals surface area (Å²) in [5.74, 6) is 0.886. The third-order valence-electron chi connectivity index (χ3n) is 3.79. The molecule has 1 amide bonds. The molecule has 0 saturated carbocycles. The van der Waals surface area contributed by atoms with E-state index in [9.17, 15) is 18.0 Å². The summed E-state index contributed by atoms with van der Waals surface area (Å²) in [7, 11) is 1.55. The van der Waals surface area contributed by atoms with Gasteiger partial charge in [0.1, 0.15) is 10.8 Å². The van der Waals surface area contributed by atoms with Gasteiger partial charge in [-0.2, -0.15) is 13.2 Å². The van der Waals surface area contributed by atoms with Crippen LogP contribution in [0.15, 0.2) is 52.8 Å². The second-order valence-corrected chi connectivity index (χ2v) is 6.81. The van der Waals surface area contributed by atoms with Crippen LogP contribution in [0, 0.1) is 0 Å². The maximum atomic E-state index is 12.7. The van der Waals surface area contributed by atoms with Crippen molar-refractivity contribution in [3.63, 3.8) is 0 Å². The van der Waals surface area contributed by atoms with Crippen molar-refractivity contribution in [1.82, 2.24) is 25.1 Å². The number of rotatable bonds is 6. The second-order valence-electron chi connectivity index (χ2n) is 5.83. The van der Waals surface area contributed by atoms with Gasteiger partial charge in [-0.25, -0.2) is 4.98 Å². The molecule has 2 aromatic heterocycles. The normalized spacial score (nSPS) is 11.3. The lowest BCUT2D eigenvalue weighted by atomic mass is 10.3. The molecule has 0 spiro atoms. The molecule has 0 aliphatic carbocycles. The Morgan fingerprint density at radius 2 is 1.90 bits per heavy atom. The van der Waals surface area contributed by atoms with Crippen LogP contribution in [0.5, 0.6) is 5.75 Å². The van der Waals surface area contributed by atoms with Crippen LogP contribution >= 0.6 is 11.8 Å². The monoisotopic (exact) mass is 423 g/mol. The van der Waals surface area contributed by atoms with Crippen LogP contribution < -0.4 is 10.1 Å². The number of amides is 1. The number of methoxy groups -OCH3 is 1. The highest BCUT2D eigenvalue weighted by Crippen LogP contribution is 2.32. The van der Waals surface area contributed by atoms with Crippen molar-refractivity contribution in [3.05, 3.63) is 54.0 Å². The minimum atomic E-state index is -4.45. The van der Waals surface area contributed by atoms with E-state index in [1.807, 2.05) is 0 Å². The number of carbonyl (C=O) groups excluding carboxylic acids is 1. The summed E-state index contributed by atoms with van der Waals surface area (Å²) in [5, 5.41) is 11.6.